The molecule has 2 aliphatic heterocycles. The Balaban J connectivity index is 1.68. The van der Waals surface area contributed by atoms with Crippen molar-refractivity contribution < 1.29 is 14.6 Å². The number of phenolic OH excluding ortho intramolecular Hbond substituents is 1. The summed E-state index contributed by atoms with van der Waals surface area (Å²) >= 11 is 1.85. The SMILES string of the molecule is COc1cc2nc3c(cc2c(CN2CCOCC2)c1O)CSc1ccc(C)cc1-3. The largest absolute Gasteiger partial charge is 0.504 e. The second kappa shape index (κ2) is 7.52. The first kappa shape index (κ1) is 18.7. The number of aromatic hydroxyl groups is 1. The van der Waals surface area contributed by atoms with Crippen molar-refractivity contribution in [2.24, 2.45) is 0 Å². The number of fused-ring (bicyclic) bond motifs is 4. The third-order valence-electron chi connectivity index (χ3n) is 5.72. The number of thioether (sulfide) groups is 1. The number of aryl methyl sites for hydroxylation is 1. The van der Waals surface area contributed by atoms with Gasteiger partial charge >= 0.3 is 0 Å². The molecule has 150 valence electrons. The van der Waals surface area contributed by atoms with Crippen LogP contribution < -0.4 is 4.74 Å². The van der Waals surface area contributed by atoms with E-state index in [1.54, 1.807) is 7.11 Å². The monoisotopic (exact) mass is 408 g/mol. The quantitative estimate of drug-likeness (QED) is 0.695. The molecule has 1 N–H and O–H groups in total. The highest BCUT2D eigenvalue weighted by Gasteiger charge is 2.23. The number of hydrogen-bond acceptors (Lipinski definition) is 6. The summed E-state index contributed by atoms with van der Waals surface area (Å²) in [6, 6.07) is 10.6. The lowest BCUT2D eigenvalue weighted by atomic mass is 9.99. The van der Waals surface area contributed by atoms with Crippen LogP contribution in [0.15, 0.2) is 35.2 Å². The van der Waals surface area contributed by atoms with Gasteiger partial charge in [0, 0.05) is 52.9 Å². The topological polar surface area (TPSA) is 54.8 Å². The Morgan fingerprint density at radius 1 is 1.21 bits per heavy atom. The number of rotatable bonds is 3. The van der Waals surface area contributed by atoms with Crippen LogP contribution in [-0.2, 0) is 17.0 Å². The maximum Gasteiger partial charge on any atom is 0.163 e. The smallest absolute Gasteiger partial charge is 0.163 e. The molecule has 0 unspecified atom stereocenters. The summed E-state index contributed by atoms with van der Waals surface area (Å²) in [5.74, 6) is 1.58. The second-order valence-corrected chi connectivity index (χ2v) is 8.66. The average Bonchev–Trinajstić information content (AvgIpc) is 2.75. The van der Waals surface area contributed by atoms with Crippen LogP contribution in [0.4, 0.5) is 0 Å². The van der Waals surface area contributed by atoms with Crippen LogP contribution >= 0.6 is 11.8 Å². The molecule has 3 aromatic rings. The molecule has 5 nitrogen and oxygen atoms in total. The Morgan fingerprint density at radius 2 is 2.03 bits per heavy atom. The molecule has 0 aliphatic carbocycles. The number of hydrogen-bond donors (Lipinski definition) is 1. The molecule has 2 aliphatic rings. The fourth-order valence-corrected chi connectivity index (χ4v) is 5.15. The number of pyridine rings is 1. The van der Waals surface area contributed by atoms with E-state index in [2.05, 4.69) is 36.1 Å². The van der Waals surface area contributed by atoms with Crippen molar-refractivity contribution in [2.45, 2.75) is 24.1 Å². The van der Waals surface area contributed by atoms with Gasteiger partial charge in [0.05, 0.1) is 31.5 Å². The van der Waals surface area contributed by atoms with Gasteiger partial charge in [-0.25, -0.2) is 4.98 Å². The first-order valence-electron chi connectivity index (χ1n) is 9.90. The Morgan fingerprint density at radius 3 is 2.83 bits per heavy atom. The fraction of sp³-hybridized carbons (Fsp3) is 0.348. The maximum atomic E-state index is 10.9. The molecule has 0 spiro atoms. The number of phenols is 1. The second-order valence-electron chi connectivity index (χ2n) is 7.65. The standard InChI is InChI=1S/C23H24N2O3S/c1-14-3-4-21-17(9-14)22-15(13-29-21)10-16-18(12-25-5-7-28-8-6-25)23(26)20(27-2)11-19(16)24-22/h3-4,9-11,26H,5-8,12-13H2,1-2H3. The van der Waals surface area contributed by atoms with Crippen LogP contribution in [-0.4, -0.2) is 48.4 Å². The highest BCUT2D eigenvalue weighted by Crippen LogP contribution is 2.44. The molecule has 1 saturated heterocycles. The molecule has 5 rings (SSSR count). The summed E-state index contributed by atoms with van der Waals surface area (Å²) in [5, 5.41) is 11.9. The van der Waals surface area contributed by atoms with E-state index >= 15 is 0 Å². The normalized spacial score (nSPS) is 16.5. The minimum absolute atomic E-state index is 0.216. The molecule has 0 saturated carbocycles. The molecule has 0 atom stereocenters. The predicted octanol–water partition coefficient (Wildman–Crippen LogP) is 4.36. The molecule has 1 aromatic heterocycles. The summed E-state index contributed by atoms with van der Waals surface area (Å²) in [4.78, 5) is 8.64. The predicted molar refractivity (Wildman–Crippen MR) is 116 cm³/mol. The van der Waals surface area contributed by atoms with Crippen molar-refractivity contribution in [3.8, 4) is 22.8 Å². The number of benzene rings is 2. The van der Waals surface area contributed by atoms with Gasteiger partial charge < -0.3 is 14.6 Å². The molecule has 6 heteroatoms. The van der Waals surface area contributed by atoms with Gasteiger partial charge in [0.15, 0.2) is 11.5 Å². The van der Waals surface area contributed by atoms with E-state index < -0.39 is 0 Å². The number of aromatic nitrogens is 1. The van der Waals surface area contributed by atoms with E-state index in [1.165, 1.54) is 21.6 Å². The van der Waals surface area contributed by atoms with Gasteiger partial charge in [0.25, 0.3) is 0 Å². The lowest BCUT2D eigenvalue weighted by molar-refractivity contribution is 0.0340. The van der Waals surface area contributed by atoms with Crippen LogP contribution in [0.5, 0.6) is 11.5 Å². The highest BCUT2D eigenvalue weighted by molar-refractivity contribution is 7.98. The van der Waals surface area contributed by atoms with Gasteiger partial charge in [-0.1, -0.05) is 11.6 Å². The Bertz CT molecular complexity index is 1090. The van der Waals surface area contributed by atoms with Crippen molar-refractivity contribution in [1.82, 2.24) is 9.88 Å². The molecule has 0 amide bonds. The summed E-state index contributed by atoms with van der Waals surface area (Å²) in [7, 11) is 1.59. The van der Waals surface area contributed by atoms with Gasteiger partial charge in [-0.05, 0) is 30.7 Å². The zero-order valence-electron chi connectivity index (χ0n) is 16.7. The Kier molecular flexibility index (Phi) is 4.86. The summed E-state index contributed by atoms with van der Waals surface area (Å²) in [6.07, 6.45) is 0. The van der Waals surface area contributed by atoms with Gasteiger partial charge in [-0.15, -0.1) is 11.8 Å². The van der Waals surface area contributed by atoms with Crippen LogP contribution in [0.3, 0.4) is 0 Å². The maximum absolute atomic E-state index is 10.9. The lowest BCUT2D eigenvalue weighted by Gasteiger charge is -2.28. The van der Waals surface area contributed by atoms with Gasteiger partial charge in [-0.2, -0.15) is 0 Å². The van der Waals surface area contributed by atoms with Crippen molar-refractivity contribution in [3.63, 3.8) is 0 Å². The van der Waals surface area contributed by atoms with E-state index in [-0.39, 0.29) is 5.75 Å². The zero-order chi connectivity index (χ0) is 20.0. The van der Waals surface area contributed by atoms with E-state index in [0.717, 1.165) is 54.2 Å². The highest BCUT2D eigenvalue weighted by atomic mass is 32.2. The summed E-state index contributed by atoms with van der Waals surface area (Å²) < 4.78 is 11.0. The molecule has 1 fully saturated rings. The van der Waals surface area contributed by atoms with Crippen molar-refractivity contribution in [1.29, 1.82) is 0 Å². The van der Waals surface area contributed by atoms with Crippen molar-refractivity contribution >= 4 is 22.7 Å². The van der Waals surface area contributed by atoms with E-state index in [9.17, 15) is 5.11 Å². The van der Waals surface area contributed by atoms with Crippen LogP contribution in [0.1, 0.15) is 16.7 Å². The number of morpholine rings is 1. The van der Waals surface area contributed by atoms with Gasteiger partial charge in [0.2, 0.25) is 0 Å². The third kappa shape index (κ3) is 3.35. The number of methoxy groups -OCH3 is 1. The first-order chi connectivity index (χ1) is 14.1. The summed E-state index contributed by atoms with van der Waals surface area (Å²) in [5.41, 5.74) is 6.43. The number of ether oxygens (including phenoxy) is 2. The molecule has 0 radical (unpaired) electrons. The van der Waals surface area contributed by atoms with Gasteiger partial charge in [0.1, 0.15) is 0 Å². The van der Waals surface area contributed by atoms with Gasteiger partial charge in [-0.3, -0.25) is 4.90 Å². The zero-order valence-corrected chi connectivity index (χ0v) is 17.5. The van der Waals surface area contributed by atoms with Crippen LogP contribution in [0, 0.1) is 6.92 Å². The molecule has 2 aromatic carbocycles. The average molecular weight is 409 g/mol. The van der Waals surface area contributed by atoms with Crippen molar-refractivity contribution in [3.05, 3.63) is 47.0 Å². The van der Waals surface area contributed by atoms with E-state index in [0.29, 0.717) is 12.3 Å². The van der Waals surface area contributed by atoms with E-state index in [4.69, 9.17) is 14.5 Å². The summed E-state index contributed by atoms with van der Waals surface area (Å²) in [6.45, 7) is 5.94. The van der Waals surface area contributed by atoms with Crippen molar-refractivity contribution in [2.75, 3.05) is 33.4 Å². The van der Waals surface area contributed by atoms with Crippen LogP contribution in [0.2, 0.25) is 0 Å². The Labute approximate surface area is 174 Å². The van der Waals surface area contributed by atoms with E-state index in [1.807, 2.05) is 17.8 Å². The van der Waals surface area contributed by atoms with Crippen LogP contribution in [0.25, 0.3) is 22.2 Å². The molecule has 3 heterocycles. The minimum Gasteiger partial charge on any atom is -0.504 e. The molecular weight excluding hydrogens is 384 g/mol. The minimum atomic E-state index is 0.216. The number of nitrogens with zero attached hydrogens (tertiary/aromatic N) is 2. The fourth-order valence-electron chi connectivity index (χ4n) is 4.14. The molecule has 29 heavy (non-hydrogen) atoms. The molecule has 0 bridgehead atoms. The lowest BCUT2D eigenvalue weighted by Crippen LogP contribution is -2.35. The Hall–Kier alpha value is -2.28. The first-order valence-corrected chi connectivity index (χ1v) is 10.9. The third-order valence-corrected chi connectivity index (χ3v) is 6.84. The molecular formula is C23H24N2O3S.